The molecule has 1 N–H and O–H groups in total. The highest BCUT2D eigenvalue weighted by molar-refractivity contribution is 5.47. The summed E-state index contributed by atoms with van der Waals surface area (Å²) in [4.78, 5) is 0. The average molecular weight is 259 g/mol. The number of hydrogen-bond donors (Lipinski definition) is 1. The zero-order valence-corrected chi connectivity index (χ0v) is 13.2. The fraction of sp³-hybridized carbons (Fsp3) is 0.667. The van der Waals surface area contributed by atoms with Gasteiger partial charge < -0.3 is 5.32 Å². The fourth-order valence-electron chi connectivity index (χ4n) is 3.03. The van der Waals surface area contributed by atoms with E-state index in [4.69, 9.17) is 0 Å². The molecule has 1 heteroatoms. The van der Waals surface area contributed by atoms with Crippen molar-refractivity contribution in [3.05, 3.63) is 29.8 Å². The second kappa shape index (κ2) is 5.19. The summed E-state index contributed by atoms with van der Waals surface area (Å²) >= 11 is 0. The van der Waals surface area contributed by atoms with Gasteiger partial charge in [-0.2, -0.15) is 0 Å². The molecule has 1 fully saturated rings. The van der Waals surface area contributed by atoms with Crippen LogP contribution in [0.4, 0.5) is 5.69 Å². The van der Waals surface area contributed by atoms with Crippen LogP contribution in [-0.2, 0) is 5.41 Å². The molecule has 1 unspecified atom stereocenters. The Hall–Kier alpha value is -0.980. The first-order valence-electron chi connectivity index (χ1n) is 7.66. The van der Waals surface area contributed by atoms with Crippen LogP contribution in [0.25, 0.3) is 0 Å². The molecule has 0 aromatic heterocycles. The van der Waals surface area contributed by atoms with Gasteiger partial charge >= 0.3 is 0 Å². The molecule has 0 aliphatic heterocycles. The third-order valence-electron chi connectivity index (χ3n) is 4.60. The molecule has 0 saturated heterocycles. The Morgan fingerprint density at radius 2 is 1.68 bits per heavy atom. The van der Waals surface area contributed by atoms with E-state index in [1.807, 2.05) is 0 Å². The van der Waals surface area contributed by atoms with E-state index < -0.39 is 0 Å². The molecule has 0 spiro atoms. The van der Waals surface area contributed by atoms with Crippen LogP contribution in [0.3, 0.4) is 0 Å². The molecule has 1 nitrogen and oxygen atoms in total. The molecule has 2 rings (SSSR count). The maximum atomic E-state index is 3.75. The number of hydrogen-bond acceptors (Lipinski definition) is 1. The smallest absolute Gasteiger partial charge is 0.0342 e. The van der Waals surface area contributed by atoms with Gasteiger partial charge in [0.2, 0.25) is 0 Å². The summed E-state index contributed by atoms with van der Waals surface area (Å²) in [6.45, 7) is 11.6. The predicted molar refractivity (Wildman–Crippen MR) is 84.8 cm³/mol. The Morgan fingerprint density at radius 1 is 1.05 bits per heavy atom. The SMILES string of the molecule is CC(C)(C)c1ccc(NC2CCCCC2(C)C)cc1. The predicted octanol–water partition coefficient (Wildman–Crippen LogP) is 5.36. The van der Waals surface area contributed by atoms with Crippen LogP contribution in [0, 0.1) is 5.41 Å². The van der Waals surface area contributed by atoms with Crippen molar-refractivity contribution >= 4 is 5.69 Å². The summed E-state index contributed by atoms with van der Waals surface area (Å²) in [5.41, 5.74) is 3.33. The first kappa shape index (κ1) is 14.4. The molecule has 1 aliphatic carbocycles. The summed E-state index contributed by atoms with van der Waals surface area (Å²) < 4.78 is 0. The lowest BCUT2D eigenvalue weighted by atomic mass is 9.73. The maximum absolute atomic E-state index is 3.75. The minimum atomic E-state index is 0.239. The third-order valence-corrected chi connectivity index (χ3v) is 4.60. The Kier molecular flexibility index (Phi) is 3.94. The van der Waals surface area contributed by atoms with Crippen LogP contribution in [0.2, 0.25) is 0 Å². The van der Waals surface area contributed by atoms with E-state index in [2.05, 4.69) is 64.2 Å². The zero-order chi connectivity index (χ0) is 14.1. The molecule has 1 aromatic carbocycles. The molecular formula is C18H29N. The molecule has 106 valence electrons. The zero-order valence-electron chi connectivity index (χ0n) is 13.2. The third kappa shape index (κ3) is 3.52. The number of anilines is 1. The van der Waals surface area contributed by atoms with E-state index in [1.54, 1.807) is 0 Å². The topological polar surface area (TPSA) is 12.0 Å². The van der Waals surface area contributed by atoms with E-state index >= 15 is 0 Å². The van der Waals surface area contributed by atoms with Gasteiger partial charge in [0, 0.05) is 11.7 Å². The van der Waals surface area contributed by atoms with E-state index in [0.717, 1.165) is 0 Å². The molecule has 1 atom stereocenters. The highest BCUT2D eigenvalue weighted by Gasteiger charge is 2.31. The minimum absolute atomic E-state index is 0.239. The molecular weight excluding hydrogens is 230 g/mol. The molecule has 0 amide bonds. The molecule has 1 aromatic rings. The molecule has 1 aliphatic rings. The van der Waals surface area contributed by atoms with Gasteiger partial charge in [-0.05, 0) is 41.4 Å². The van der Waals surface area contributed by atoms with Crippen molar-refractivity contribution in [2.75, 3.05) is 5.32 Å². The Bertz CT molecular complexity index is 408. The molecule has 19 heavy (non-hydrogen) atoms. The van der Waals surface area contributed by atoms with Crippen molar-refractivity contribution in [3.8, 4) is 0 Å². The molecule has 0 bridgehead atoms. The Morgan fingerprint density at radius 3 is 2.21 bits per heavy atom. The summed E-state index contributed by atoms with van der Waals surface area (Å²) in [6, 6.07) is 9.62. The van der Waals surface area contributed by atoms with Crippen molar-refractivity contribution in [3.63, 3.8) is 0 Å². The van der Waals surface area contributed by atoms with Crippen LogP contribution < -0.4 is 5.32 Å². The second-order valence-corrected chi connectivity index (χ2v) is 7.76. The van der Waals surface area contributed by atoms with E-state index in [1.165, 1.54) is 36.9 Å². The highest BCUT2D eigenvalue weighted by Crippen LogP contribution is 2.37. The largest absolute Gasteiger partial charge is 0.382 e. The van der Waals surface area contributed by atoms with Crippen molar-refractivity contribution in [1.82, 2.24) is 0 Å². The van der Waals surface area contributed by atoms with Gasteiger partial charge in [-0.15, -0.1) is 0 Å². The van der Waals surface area contributed by atoms with Gasteiger partial charge in [-0.1, -0.05) is 59.6 Å². The normalized spacial score (nSPS) is 23.1. The van der Waals surface area contributed by atoms with Crippen LogP contribution in [0.5, 0.6) is 0 Å². The molecule has 0 radical (unpaired) electrons. The van der Waals surface area contributed by atoms with Crippen molar-refractivity contribution in [2.24, 2.45) is 5.41 Å². The van der Waals surface area contributed by atoms with Gasteiger partial charge in [0.15, 0.2) is 0 Å². The molecule has 1 saturated carbocycles. The Labute approximate surface area is 118 Å². The lowest BCUT2D eigenvalue weighted by Crippen LogP contribution is -2.38. The van der Waals surface area contributed by atoms with Crippen LogP contribution in [0.1, 0.15) is 65.9 Å². The van der Waals surface area contributed by atoms with E-state index in [0.29, 0.717) is 11.5 Å². The van der Waals surface area contributed by atoms with Gasteiger partial charge in [0.05, 0.1) is 0 Å². The van der Waals surface area contributed by atoms with Gasteiger partial charge in [0.25, 0.3) is 0 Å². The quantitative estimate of drug-likeness (QED) is 0.753. The second-order valence-electron chi connectivity index (χ2n) is 7.76. The number of rotatable bonds is 2. The number of benzene rings is 1. The van der Waals surface area contributed by atoms with Gasteiger partial charge in [0.1, 0.15) is 0 Å². The van der Waals surface area contributed by atoms with Crippen LogP contribution in [0.15, 0.2) is 24.3 Å². The monoisotopic (exact) mass is 259 g/mol. The average Bonchev–Trinajstić information content (AvgIpc) is 2.31. The maximum Gasteiger partial charge on any atom is 0.0342 e. The summed E-state index contributed by atoms with van der Waals surface area (Å²) in [7, 11) is 0. The van der Waals surface area contributed by atoms with Crippen LogP contribution in [-0.4, -0.2) is 6.04 Å². The first-order chi connectivity index (χ1) is 8.79. The summed E-state index contributed by atoms with van der Waals surface area (Å²) in [5, 5.41) is 3.75. The van der Waals surface area contributed by atoms with E-state index in [9.17, 15) is 0 Å². The standard InChI is InChI=1S/C18H29N/c1-17(2,3)14-9-11-15(12-10-14)19-16-8-6-7-13-18(16,4)5/h9-12,16,19H,6-8,13H2,1-5H3. The van der Waals surface area contributed by atoms with Crippen molar-refractivity contribution in [1.29, 1.82) is 0 Å². The fourth-order valence-corrected chi connectivity index (χ4v) is 3.03. The Balaban J connectivity index is 2.07. The van der Waals surface area contributed by atoms with Crippen molar-refractivity contribution < 1.29 is 0 Å². The van der Waals surface area contributed by atoms with Crippen LogP contribution >= 0.6 is 0 Å². The highest BCUT2D eigenvalue weighted by atomic mass is 14.9. The number of nitrogens with one attached hydrogen (secondary N) is 1. The lowest BCUT2D eigenvalue weighted by Gasteiger charge is -2.39. The summed E-state index contributed by atoms with van der Waals surface area (Å²) in [5.74, 6) is 0. The van der Waals surface area contributed by atoms with Gasteiger partial charge in [-0.25, -0.2) is 0 Å². The molecule has 0 heterocycles. The minimum Gasteiger partial charge on any atom is -0.382 e. The van der Waals surface area contributed by atoms with Crippen molar-refractivity contribution in [2.45, 2.75) is 71.8 Å². The van der Waals surface area contributed by atoms with E-state index in [-0.39, 0.29) is 5.41 Å². The van der Waals surface area contributed by atoms with Gasteiger partial charge in [-0.3, -0.25) is 0 Å². The summed E-state index contributed by atoms with van der Waals surface area (Å²) in [6.07, 6.45) is 5.38. The lowest BCUT2D eigenvalue weighted by molar-refractivity contribution is 0.217. The first-order valence-corrected chi connectivity index (χ1v) is 7.66.